The van der Waals surface area contributed by atoms with E-state index in [0.717, 1.165) is 43.2 Å². The van der Waals surface area contributed by atoms with E-state index in [1.807, 2.05) is 50.2 Å². The zero-order valence-corrected chi connectivity index (χ0v) is 15.9. The van der Waals surface area contributed by atoms with Gasteiger partial charge in [0.05, 0.1) is 0 Å². The van der Waals surface area contributed by atoms with Crippen molar-refractivity contribution in [1.82, 2.24) is 14.9 Å². The van der Waals surface area contributed by atoms with E-state index in [4.69, 9.17) is 0 Å². The molecular formula is C19H26N6O. The number of nitrogens with one attached hydrogen (secondary N) is 1. The molecule has 1 aliphatic rings. The van der Waals surface area contributed by atoms with E-state index in [0.29, 0.717) is 11.6 Å². The molecule has 1 N–H and O–H groups in total. The van der Waals surface area contributed by atoms with Crippen LogP contribution in [0.15, 0.2) is 30.3 Å². The Hall–Kier alpha value is -2.67. The fraction of sp³-hybridized carbons (Fsp3) is 0.421. The second-order valence-electron chi connectivity index (χ2n) is 6.88. The van der Waals surface area contributed by atoms with Crippen LogP contribution in [-0.2, 0) is 0 Å². The Morgan fingerprint density at radius 3 is 2.35 bits per heavy atom. The van der Waals surface area contributed by atoms with Crippen molar-refractivity contribution in [3.8, 4) is 0 Å². The van der Waals surface area contributed by atoms with Crippen LogP contribution in [0.2, 0.25) is 0 Å². The molecule has 0 aliphatic carbocycles. The van der Waals surface area contributed by atoms with Gasteiger partial charge < -0.3 is 20.0 Å². The van der Waals surface area contributed by atoms with Crippen LogP contribution in [0.25, 0.3) is 0 Å². The standard InChI is InChI=1S/C19H26N6O/c1-14-13-17(22-19(20-14)25-11-9-24(4)10-12-25)18(26)21-15-5-7-16(8-6-15)23(2)3/h5-8,13H,9-12H2,1-4H3,(H,21,26). The largest absolute Gasteiger partial charge is 0.378 e. The van der Waals surface area contributed by atoms with Gasteiger partial charge in [0.25, 0.3) is 5.91 Å². The zero-order valence-electron chi connectivity index (χ0n) is 15.9. The summed E-state index contributed by atoms with van der Waals surface area (Å²) < 4.78 is 0. The number of anilines is 3. The highest BCUT2D eigenvalue weighted by Gasteiger charge is 2.19. The number of nitrogens with zero attached hydrogens (tertiary/aromatic N) is 5. The van der Waals surface area contributed by atoms with Crippen molar-refractivity contribution in [2.45, 2.75) is 6.92 Å². The summed E-state index contributed by atoms with van der Waals surface area (Å²) in [7, 11) is 6.07. The molecule has 1 fully saturated rings. The van der Waals surface area contributed by atoms with Gasteiger partial charge in [0.2, 0.25) is 5.95 Å². The Morgan fingerprint density at radius 2 is 1.73 bits per heavy atom. The first-order chi connectivity index (χ1) is 12.4. The number of aromatic nitrogens is 2. The van der Waals surface area contributed by atoms with Gasteiger partial charge in [-0.1, -0.05) is 0 Å². The maximum absolute atomic E-state index is 12.6. The fourth-order valence-electron chi connectivity index (χ4n) is 2.86. The molecule has 0 atom stereocenters. The molecule has 1 amide bonds. The number of amides is 1. The molecule has 0 unspecified atom stereocenters. The van der Waals surface area contributed by atoms with Crippen LogP contribution in [0, 0.1) is 6.92 Å². The Labute approximate surface area is 154 Å². The van der Waals surface area contributed by atoms with E-state index >= 15 is 0 Å². The van der Waals surface area contributed by atoms with Crippen LogP contribution in [-0.4, -0.2) is 68.1 Å². The second-order valence-corrected chi connectivity index (χ2v) is 6.88. The Morgan fingerprint density at radius 1 is 1.08 bits per heavy atom. The first-order valence-electron chi connectivity index (χ1n) is 8.80. The number of likely N-dealkylation sites (N-methyl/N-ethyl adjacent to an activating group) is 1. The number of hydrogen-bond acceptors (Lipinski definition) is 6. The van der Waals surface area contributed by atoms with Crippen molar-refractivity contribution in [3.63, 3.8) is 0 Å². The molecule has 0 spiro atoms. The van der Waals surface area contributed by atoms with Crippen molar-refractivity contribution in [3.05, 3.63) is 41.7 Å². The summed E-state index contributed by atoms with van der Waals surface area (Å²) in [5.74, 6) is 0.412. The van der Waals surface area contributed by atoms with Gasteiger partial charge in [-0.15, -0.1) is 0 Å². The van der Waals surface area contributed by atoms with Crippen molar-refractivity contribution in [2.75, 3.05) is 62.4 Å². The molecule has 0 radical (unpaired) electrons. The number of piperazine rings is 1. The predicted molar refractivity (Wildman–Crippen MR) is 105 cm³/mol. The third kappa shape index (κ3) is 4.29. The summed E-state index contributed by atoms with van der Waals surface area (Å²) in [6.07, 6.45) is 0. The van der Waals surface area contributed by atoms with Gasteiger partial charge in [-0.25, -0.2) is 9.97 Å². The molecule has 26 heavy (non-hydrogen) atoms. The molecule has 1 saturated heterocycles. The topological polar surface area (TPSA) is 64.6 Å². The molecule has 2 aromatic rings. The third-order valence-electron chi connectivity index (χ3n) is 4.50. The maximum Gasteiger partial charge on any atom is 0.274 e. The van der Waals surface area contributed by atoms with Gasteiger partial charge in [-0.05, 0) is 44.3 Å². The molecule has 0 bridgehead atoms. The summed E-state index contributed by atoms with van der Waals surface area (Å²) >= 11 is 0. The van der Waals surface area contributed by atoms with E-state index in [9.17, 15) is 4.79 Å². The minimum atomic E-state index is -0.219. The quantitative estimate of drug-likeness (QED) is 0.904. The number of carbonyl (C=O) groups excluding carboxylic acids is 1. The van der Waals surface area contributed by atoms with Gasteiger partial charge in [-0.2, -0.15) is 0 Å². The van der Waals surface area contributed by atoms with Gasteiger partial charge >= 0.3 is 0 Å². The molecule has 1 aliphatic heterocycles. The maximum atomic E-state index is 12.6. The smallest absolute Gasteiger partial charge is 0.274 e. The SMILES string of the molecule is Cc1cc(C(=O)Nc2ccc(N(C)C)cc2)nc(N2CCN(C)CC2)n1. The van der Waals surface area contributed by atoms with Gasteiger partial charge in [0.1, 0.15) is 5.69 Å². The van der Waals surface area contributed by atoms with E-state index < -0.39 is 0 Å². The Bertz CT molecular complexity index is 766. The lowest BCUT2D eigenvalue weighted by molar-refractivity contribution is 0.102. The molecule has 1 aromatic carbocycles. The molecule has 7 heteroatoms. The first-order valence-corrected chi connectivity index (χ1v) is 8.80. The summed E-state index contributed by atoms with van der Waals surface area (Å²) in [4.78, 5) is 28.1. The van der Waals surface area contributed by atoms with Crippen LogP contribution in [0.4, 0.5) is 17.3 Å². The molecule has 2 heterocycles. The Balaban J connectivity index is 1.74. The summed E-state index contributed by atoms with van der Waals surface area (Å²) in [6, 6.07) is 9.45. The van der Waals surface area contributed by atoms with Crippen LogP contribution in [0.3, 0.4) is 0 Å². The predicted octanol–water partition coefficient (Wildman–Crippen LogP) is 1.86. The highest BCUT2D eigenvalue weighted by Crippen LogP contribution is 2.17. The molecular weight excluding hydrogens is 328 g/mol. The Kier molecular flexibility index (Phi) is 5.37. The summed E-state index contributed by atoms with van der Waals surface area (Å²) in [6.45, 7) is 5.57. The van der Waals surface area contributed by atoms with E-state index in [1.54, 1.807) is 6.07 Å². The van der Waals surface area contributed by atoms with E-state index in [2.05, 4.69) is 32.1 Å². The monoisotopic (exact) mass is 354 g/mol. The minimum Gasteiger partial charge on any atom is -0.378 e. The number of hydrogen-bond donors (Lipinski definition) is 1. The lowest BCUT2D eigenvalue weighted by atomic mass is 10.2. The second kappa shape index (κ2) is 7.70. The van der Waals surface area contributed by atoms with Gasteiger partial charge in [0.15, 0.2) is 0 Å². The lowest BCUT2D eigenvalue weighted by Gasteiger charge is -2.32. The molecule has 3 rings (SSSR count). The summed E-state index contributed by atoms with van der Waals surface area (Å²) in [5.41, 5.74) is 3.02. The molecule has 0 saturated carbocycles. The van der Waals surface area contributed by atoms with Crippen molar-refractivity contribution in [1.29, 1.82) is 0 Å². The number of aryl methyl sites for hydroxylation is 1. The number of benzene rings is 1. The van der Waals surface area contributed by atoms with E-state index in [1.165, 1.54) is 0 Å². The number of carbonyl (C=O) groups is 1. The van der Waals surface area contributed by atoms with Crippen LogP contribution in [0.5, 0.6) is 0 Å². The first kappa shape index (κ1) is 18.1. The average molecular weight is 354 g/mol. The fourth-order valence-corrected chi connectivity index (χ4v) is 2.86. The van der Waals surface area contributed by atoms with Gasteiger partial charge in [0, 0.05) is 57.3 Å². The normalized spacial score (nSPS) is 15.0. The van der Waals surface area contributed by atoms with Gasteiger partial charge in [-0.3, -0.25) is 4.79 Å². The zero-order chi connectivity index (χ0) is 18.7. The molecule has 7 nitrogen and oxygen atoms in total. The summed E-state index contributed by atoms with van der Waals surface area (Å²) in [5, 5.41) is 2.91. The van der Waals surface area contributed by atoms with Crippen molar-refractivity contribution >= 4 is 23.2 Å². The average Bonchev–Trinajstić information content (AvgIpc) is 2.62. The van der Waals surface area contributed by atoms with Crippen molar-refractivity contribution in [2.24, 2.45) is 0 Å². The minimum absolute atomic E-state index is 0.219. The van der Waals surface area contributed by atoms with E-state index in [-0.39, 0.29) is 5.91 Å². The van der Waals surface area contributed by atoms with Crippen LogP contribution < -0.4 is 15.1 Å². The molecule has 1 aromatic heterocycles. The highest BCUT2D eigenvalue weighted by molar-refractivity contribution is 6.03. The third-order valence-corrected chi connectivity index (χ3v) is 4.50. The van der Waals surface area contributed by atoms with Crippen LogP contribution >= 0.6 is 0 Å². The van der Waals surface area contributed by atoms with Crippen LogP contribution in [0.1, 0.15) is 16.2 Å². The lowest BCUT2D eigenvalue weighted by Crippen LogP contribution is -2.45. The highest BCUT2D eigenvalue weighted by atomic mass is 16.1. The number of rotatable bonds is 4. The van der Waals surface area contributed by atoms with Crippen molar-refractivity contribution < 1.29 is 4.79 Å². The molecule has 138 valence electrons.